The second-order valence-electron chi connectivity index (χ2n) is 7.50. The number of amides is 1. The molecule has 1 aliphatic heterocycles. The molecule has 0 unspecified atom stereocenters. The summed E-state index contributed by atoms with van der Waals surface area (Å²) in [7, 11) is 0. The van der Waals surface area contributed by atoms with Crippen LogP contribution in [0.4, 0.5) is 5.82 Å². The molecule has 0 radical (unpaired) electrons. The molecule has 2 heterocycles. The largest absolute Gasteiger partial charge is 0.353 e. The van der Waals surface area contributed by atoms with Gasteiger partial charge in [0.2, 0.25) is 5.91 Å². The highest BCUT2D eigenvalue weighted by atomic mass is 35.5. The lowest BCUT2D eigenvalue weighted by molar-refractivity contribution is -0.132. The number of anilines is 1. The fraction of sp³-hybridized carbons (Fsp3) is 0.455. The summed E-state index contributed by atoms with van der Waals surface area (Å²) in [6.07, 6.45) is 2.36. The Labute approximate surface area is 172 Å². The average molecular weight is 401 g/mol. The van der Waals surface area contributed by atoms with E-state index >= 15 is 0 Å². The number of nitrogens with zero attached hydrogens (tertiary/aromatic N) is 4. The first-order valence-electron chi connectivity index (χ1n) is 9.95. The fourth-order valence-electron chi connectivity index (χ4n) is 3.51. The van der Waals surface area contributed by atoms with Crippen molar-refractivity contribution in [3.05, 3.63) is 59.2 Å². The summed E-state index contributed by atoms with van der Waals surface area (Å²) in [5.74, 6) is 1.22. The lowest BCUT2D eigenvalue weighted by Gasteiger charge is -2.36. The third-order valence-corrected chi connectivity index (χ3v) is 5.46. The molecule has 1 amide bonds. The van der Waals surface area contributed by atoms with E-state index in [-0.39, 0.29) is 5.91 Å². The van der Waals surface area contributed by atoms with Gasteiger partial charge in [0.25, 0.3) is 0 Å². The molecule has 0 atom stereocenters. The first-order chi connectivity index (χ1) is 13.5. The van der Waals surface area contributed by atoms with Crippen LogP contribution in [0, 0.1) is 0 Å². The van der Waals surface area contributed by atoms with Gasteiger partial charge in [-0.2, -0.15) is 0 Å². The van der Waals surface area contributed by atoms with Gasteiger partial charge >= 0.3 is 0 Å². The molecule has 0 bridgehead atoms. The molecule has 0 spiro atoms. The SMILES string of the molecule is CC(C)N(CCC(=O)N1CCN(c2ccccn2)CC1)Cc1cccc(Cl)c1. The number of pyridine rings is 1. The van der Waals surface area contributed by atoms with Crippen LogP contribution in [0.2, 0.25) is 5.02 Å². The van der Waals surface area contributed by atoms with Crippen LogP contribution < -0.4 is 4.90 Å². The first kappa shape index (κ1) is 20.6. The maximum Gasteiger partial charge on any atom is 0.223 e. The molecule has 0 saturated carbocycles. The van der Waals surface area contributed by atoms with E-state index in [1.54, 1.807) is 0 Å². The highest BCUT2D eigenvalue weighted by molar-refractivity contribution is 6.30. The Hall–Kier alpha value is -2.11. The molecular weight excluding hydrogens is 372 g/mol. The molecule has 3 rings (SSSR count). The summed E-state index contributed by atoms with van der Waals surface area (Å²) in [5, 5.41) is 0.753. The summed E-state index contributed by atoms with van der Waals surface area (Å²) in [5.41, 5.74) is 1.18. The Kier molecular flexibility index (Phi) is 7.29. The summed E-state index contributed by atoms with van der Waals surface area (Å²) >= 11 is 6.11. The number of carbonyl (C=O) groups is 1. The zero-order chi connectivity index (χ0) is 19.9. The number of hydrogen-bond acceptors (Lipinski definition) is 4. The molecule has 5 nitrogen and oxygen atoms in total. The monoisotopic (exact) mass is 400 g/mol. The number of halogens is 1. The van der Waals surface area contributed by atoms with Gasteiger partial charge in [-0.25, -0.2) is 4.98 Å². The van der Waals surface area contributed by atoms with E-state index in [2.05, 4.69) is 34.7 Å². The van der Waals surface area contributed by atoms with Gasteiger partial charge in [0, 0.05) is 63.0 Å². The standard InChI is InChI=1S/C22H29ClN4O/c1-18(2)27(17-19-6-5-7-20(23)16-19)11-9-22(28)26-14-12-25(13-15-26)21-8-3-4-10-24-21/h3-8,10,16,18H,9,11-15,17H2,1-2H3. The van der Waals surface area contributed by atoms with Gasteiger partial charge < -0.3 is 9.80 Å². The van der Waals surface area contributed by atoms with Crippen molar-refractivity contribution in [3.63, 3.8) is 0 Å². The molecule has 28 heavy (non-hydrogen) atoms. The van der Waals surface area contributed by atoms with Crippen molar-refractivity contribution < 1.29 is 4.79 Å². The van der Waals surface area contributed by atoms with Crippen LogP contribution in [0.25, 0.3) is 0 Å². The molecule has 1 fully saturated rings. The quantitative estimate of drug-likeness (QED) is 0.710. The van der Waals surface area contributed by atoms with Crippen LogP contribution in [-0.2, 0) is 11.3 Å². The number of rotatable bonds is 7. The van der Waals surface area contributed by atoms with Crippen LogP contribution in [-0.4, -0.2) is 59.5 Å². The Balaban J connectivity index is 1.48. The van der Waals surface area contributed by atoms with Crippen molar-refractivity contribution in [2.24, 2.45) is 0 Å². The average Bonchev–Trinajstić information content (AvgIpc) is 2.71. The van der Waals surface area contributed by atoms with E-state index < -0.39 is 0 Å². The summed E-state index contributed by atoms with van der Waals surface area (Å²) < 4.78 is 0. The lowest BCUT2D eigenvalue weighted by Crippen LogP contribution is -2.49. The zero-order valence-electron chi connectivity index (χ0n) is 16.7. The van der Waals surface area contributed by atoms with Crippen LogP contribution in [0.3, 0.4) is 0 Å². The van der Waals surface area contributed by atoms with Crippen LogP contribution in [0.1, 0.15) is 25.8 Å². The topological polar surface area (TPSA) is 39.7 Å². The summed E-state index contributed by atoms with van der Waals surface area (Å²) in [6.45, 7) is 9.07. The maximum absolute atomic E-state index is 12.7. The zero-order valence-corrected chi connectivity index (χ0v) is 17.5. The van der Waals surface area contributed by atoms with Crippen molar-refractivity contribution >= 4 is 23.3 Å². The van der Waals surface area contributed by atoms with E-state index in [1.807, 2.05) is 47.5 Å². The maximum atomic E-state index is 12.7. The van der Waals surface area contributed by atoms with Crippen molar-refractivity contribution in [1.29, 1.82) is 0 Å². The number of hydrogen-bond donors (Lipinski definition) is 0. The minimum Gasteiger partial charge on any atom is -0.353 e. The van der Waals surface area contributed by atoms with E-state index in [0.717, 1.165) is 50.1 Å². The minimum atomic E-state index is 0.234. The highest BCUT2D eigenvalue weighted by Gasteiger charge is 2.22. The van der Waals surface area contributed by atoms with Gasteiger partial charge in [0.1, 0.15) is 5.82 Å². The molecule has 0 N–H and O–H groups in total. The third kappa shape index (κ3) is 5.69. The van der Waals surface area contributed by atoms with Gasteiger partial charge in [-0.1, -0.05) is 29.8 Å². The Bertz CT molecular complexity index is 760. The number of carbonyl (C=O) groups excluding carboxylic acids is 1. The van der Waals surface area contributed by atoms with Crippen molar-refractivity contribution in [2.75, 3.05) is 37.6 Å². The number of aromatic nitrogens is 1. The molecule has 1 aromatic heterocycles. The van der Waals surface area contributed by atoms with Crippen molar-refractivity contribution in [1.82, 2.24) is 14.8 Å². The molecular formula is C22H29ClN4O. The van der Waals surface area contributed by atoms with Crippen LogP contribution in [0.15, 0.2) is 48.7 Å². The summed E-state index contributed by atoms with van der Waals surface area (Å²) in [4.78, 5) is 23.7. The van der Waals surface area contributed by atoms with Gasteiger partial charge in [-0.15, -0.1) is 0 Å². The Morgan fingerprint density at radius 2 is 1.93 bits per heavy atom. The predicted octanol–water partition coefficient (Wildman–Crippen LogP) is 3.68. The van der Waals surface area contributed by atoms with E-state index in [0.29, 0.717) is 12.5 Å². The molecule has 2 aromatic rings. The van der Waals surface area contributed by atoms with Crippen LogP contribution in [0.5, 0.6) is 0 Å². The lowest BCUT2D eigenvalue weighted by atomic mass is 10.1. The number of piperazine rings is 1. The van der Waals surface area contributed by atoms with Gasteiger partial charge in [0.05, 0.1) is 0 Å². The second-order valence-corrected chi connectivity index (χ2v) is 7.94. The Morgan fingerprint density at radius 1 is 1.14 bits per heavy atom. The highest BCUT2D eigenvalue weighted by Crippen LogP contribution is 2.16. The summed E-state index contributed by atoms with van der Waals surface area (Å²) in [6, 6.07) is 14.3. The van der Waals surface area contributed by atoms with E-state index in [1.165, 1.54) is 5.56 Å². The van der Waals surface area contributed by atoms with Crippen molar-refractivity contribution in [2.45, 2.75) is 32.9 Å². The molecule has 1 aliphatic rings. The van der Waals surface area contributed by atoms with Crippen LogP contribution >= 0.6 is 11.6 Å². The minimum absolute atomic E-state index is 0.234. The molecule has 0 aliphatic carbocycles. The molecule has 1 saturated heterocycles. The van der Waals surface area contributed by atoms with E-state index in [9.17, 15) is 4.79 Å². The van der Waals surface area contributed by atoms with Gasteiger partial charge in [-0.05, 0) is 43.7 Å². The van der Waals surface area contributed by atoms with Gasteiger partial charge in [0.15, 0.2) is 0 Å². The first-order valence-corrected chi connectivity index (χ1v) is 10.3. The predicted molar refractivity (Wildman–Crippen MR) is 115 cm³/mol. The second kappa shape index (κ2) is 9.89. The smallest absolute Gasteiger partial charge is 0.223 e. The van der Waals surface area contributed by atoms with Crippen molar-refractivity contribution in [3.8, 4) is 0 Å². The third-order valence-electron chi connectivity index (χ3n) is 5.22. The van der Waals surface area contributed by atoms with E-state index in [4.69, 9.17) is 11.6 Å². The Morgan fingerprint density at radius 3 is 2.57 bits per heavy atom. The normalized spacial score (nSPS) is 14.8. The number of benzene rings is 1. The fourth-order valence-corrected chi connectivity index (χ4v) is 3.73. The van der Waals surface area contributed by atoms with Gasteiger partial charge in [-0.3, -0.25) is 9.69 Å². The molecule has 1 aromatic carbocycles. The molecule has 150 valence electrons. The molecule has 6 heteroatoms.